The molecular formula is C62H70N2. The molecule has 2 nitrogen and oxygen atoms in total. The van der Waals surface area contributed by atoms with Crippen LogP contribution >= 0.6 is 0 Å². The van der Waals surface area contributed by atoms with Crippen LogP contribution in [0.1, 0.15) is 106 Å². The smallest absolute Gasteiger partial charge is 0.0541 e. The summed E-state index contributed by atoms with van der Waals surface area (Å²) >= 11 is 0. The van der Waals surface area contributed by atoms with Crippen molar-refractivity contribution in [1.29, 1.82) is 0 Å². The Morgan fingerprint density at radius 2 is 1.17 bits per heavy atom. The summed E-state index contributed by atoms with van der Waals surface area (Å²) < 4.78 is 2.44. The molecule has 0 fully saturated rings. The Labute approximate surface area is 385 Å². The first-order valence-corrected chi connectivity index (χ1v) is 23.4. The van der Waals surface area contributed by atoms with E-state index in [1.165, 1.54) is 60.9 Å². The topological polar surface area (TPSA) is 8.17 Å². The van der Waals surface area contributed by atoms with Crippen LogP contribution in [0.4, 0.5) is 11.4 Å². The molecule has 0 saturated carbocycles. The van der Waals surface area contributed by atoms with E-state index < -0.39 is 0 Å². The van der Waals surface area contributed by atoms with Crippen molar-refractivity contribution in [2.75, 3.05) is 4.90 Å². The summed E-state index contributed by atoms with van der Waals surface area (Å²) in [6.45, 7) is 29.3. The Bertz CT molecular complexity index is 2770. The summed E-state index contributed by atoms with van der Waals surface area (Å²) in [6, 6.07) is 52.4. The molecule has 1 aromatic heterocycles. The zero-order valence-corrected chi connectivity index (χ0v) is 40.4. The number of fused-ring (bicyclic) bond motifs is 3. The molecule has 0 aliphatic carbocycles. The molecule has 0 spiro atoms. The minimum Gasteiger partial charge on any atom is -0.311 e. The molecule has 64 heavy (non-hydrogen) atoms. The van der Waals surface area contributed by atoms with Gasteiger partial charge in [0.05, 0.1) is 11.0 Å². The van der Waals surface area contributed by atoms with E-state index in [1.807, 2.05) is 12.2 Å². The molecule has 0 radical (unpaired) electrons. The molecule has 328 valence electrons. The summed E-state index contributed by atoms with van der Waals surface area (Å²) in [5.74, 6) is 0.704. The van der Waals surface area contributed by atoms with Crippen molar-refractivity contribution in [3.63, 3.8) is 0 Å². The van der Waals surface area contributed by atoms with Crippen molar-refractivity contribution in [2.45, 2.75) is 100 Å². The quantitative estimate of drug-likeness (QED) is 0.105. The van der Waals surface area contributed by atoms with Crippen LogP contribution in [-0.2, 0) is 5.41 Å². The van der Waals surface area contributed by atoms with Crippen LogP contribution < -0.4 is 4.90 Å². The molecular weight excluding hydrogens is 773 g/mol. The number of hydrogen-bond acceptors (Lipinski definition) is 1. The maximum absolute atomic E-state index is 3.89. The molecule has 6 aromatic carbocycles. The molecule has 2 heteroatoms. The molecule has 0 N–H and O–H groups in total. The van der Waals surface area contributed by atoms with E-state index in [1.54, 1.807) is 0 Å². The van der Waals surface area contributed by atoms with Gasteiger partial charge in [-0.15, -0.1) is 0 Å². The lowest BCUT2D eigenvalue weighted by molar-refractivity contribution is 0.229. The summed E-state index contributed by atoms with van der Waals surface area (Å²) in [5, 5.41) is 2.50. The largest absolute Gasteiger partial charge is 0.311 e. The molecule has 7 rings (SSSR count). The summed E-state index contributed by atoms with van der Waals surface area (Å²) in [5.41, 5.74) is 15.1. The normalized spacial score (nSPS) is 13.9. The average molecular weight is 843 g/mol. The van der Waals surface area contributed by atoms with Crippen LogP contribution in [0.3, 0.4) is 0 Å². The van der Waals surface area contributed by atoms with E-state index in [-0.39, 0.29) is 22.2 Å². The standard InChI is InChI=1S/C62H70N2/c1-13-15-20-44(3)40-54(21-16-14-2)63(51-22-18-17-19-23-51)52-34-28-46(29-35-52)49-31-39-59-56(42-49)55-41-48(30-38-58(55)64(59)53-36-32-50(33-37-53)61(7,8)9)45-24-26-47(27-25-45)57(62(10,11)12)43-60(4,5)6/h13,15-42,44,57H,1,14,43H2,2-12H3/b20-15-,21-16-,54-40+. The van der Waals surface area contributed by atoms with Gasteiger partial charge in [0.1, 0.15) is 0 Å². The van der Waals surface area contributed by atoms with Crippen LogP contribution in [0.25, 0.3) is 49.7 Å². The second kappa shape index (κ2) is 18.9. The molecule has 2 unspecified atom stereocenters. The molecule has 7 aromatic rings. The van der Waals surface area contributed by atoms with Crippen LogP contribution in [0.15, 0.2) is 188 Å². The van der Waals surface area contributed by atoms with E-state index >= 15 is 0 Å². The van der Waals surface area contributed by atoms with Gasteiger partial charge in [0.15, 0.2) is 0 Å². The van der Waals surface area contributed by atoms with Crippen molar-refractivity contribution in [1.82, 2.24) is 4.57 Å². The molecule has 0 saturated heterocycles. The Morgan fingerprint density at radius 1 is 0.641 bits per heavy atom. The average Bonchev–Trinajstić information content (AvgIpc) is 3.59. The van der Waals surface area contributed by atoms with Crippen molar-refractivity contribution < 1.29 is 0 Å². The first-order valence-electron chi connectivity index (χ1n) is 23.4. The maximum Gasteiger partial charge on any atom is 0.0541 e. The number of hydrogen-bond donors (Lipinski definition) is 0. The lowest BCUT2D eigenvalue weighted by atomic mass is 9.69. The Hall–Kier alpha value is -6.12. The Morgan fingerprint density at radius 3 is 1.67 bits per heavy atom. The monoisotopic (exact) mass is 843 g/mol. The summed E-state index contributed by atoms with van der Waals surface area (Å²) in [6.07, 6.45) is 15.0. The lowest BCUT2D eigenvalue weighted by Crippen LogP contribution is -2.23. The van der Waals surface area contributed by atoms with E-state index in [2.05, 4.69) is 256 Å². The van der Waals surface area contributed by atoms with Crippen LogP contribution in [0.5, 0.6) is 0 Å². The van der Waals surface area contributed by atoms with Crippen molar-refractivity contribution in [3.05, 3.63) is 199 Å². The predicted molar refractivity (Wildman–Crippen MR) is 281 cm³/mol. The predicted octanol–water partition coefficient (Wildman–Crippen LogP) is 18.3. The maximum atomic E-state index is 3.89. The molecule has 0 aliphatic rings. The van der Waals surface area contributed by atoms with Gasteiger partial charge < -0.3 is 9.47 Å². The minimum atomic E-state index is 0.0806. The van der Waals surface area contributed by atoms with Crippen molar-refractivity contribution in [3.8, 4) is 27.9 Å². The number of benzene rings is 6. The van der Waals surface area contributed by atoms with Crippen LogP contribution in [0.2, 0.25) is 0 Å². The SMILES string of the molecule is C=C/C=C\C(C)/C=C(\C=C/CC)N(c1ccccc1)c1ccc(-c2ccc3c(c2)c2cc(-c4ccc(C(CC(C)(C)C)C(C)(C)C)cc4)ccc2n3-c2ccc(C(C)(C)C)cc2)cc1. The van der Waals surface area contributed by atoms with Crippen LogP contribution in [-0.4, -0.2) is 4.57 Å². The first-order chi connectivity index (χ1) is 30.4. The van der Waals surface area contributed by atoms with Gasteiger partial charge in [0.2, 0.25) is 0 Å². The van der Waals surface area contributed by atoms with E-state index in [0.29, 0.717) is 5.92 Å². The zero-order chi connectivity index (χ0) is 45.8. The van der Waals surface area contributed by atoms with Gasteiger partial charge in [0.25, 0.3) is 0 Å². The second-order valence-corrected chi connectivity index (χ2v) is 21.0. The molecule has 1 heterocycles. The zero-order valence-electron chi connectivity index (χ0n) is 40.4. The van der Waals surface area contributed by atoms with Gasteiger partial charge in [-0.3, -0.25) is 0 Å². The lowest BCUT2D eigenvalue weighted by Gasteiger charge is -2.36. The Balaban J connectivity index is 1.33. The van der Waals surface area contributed by atoms with Crippen molar-refractivity contribution >= 4 is 33.2 Å². The highest BCUT2D eigenvalue weighted by Gasteiger charge is 2.30. The number of anilines is 2. The Kier molecular flexibility index (Phi) is 13.6. The number of allylic oxidation sites excluding steroid dienone is 6. The highest BCUT2D eigenvalue weighted by molar-refractivity contribution is 6.11. The first kappa shape index (κ1) is 45.9. The van der Waals surface area contributed by atoms with E-state index in [9.17, 15) is 0 Å². The third-order valence-electron chi connectivity index (χ3n) is 12.5. The van der Waals surface area contributed by atoms with Gasteiger partial charge in [-0.1, -0.05) is 192 Å². The van der Waals surface area contributed by atoms with Gasteiger partial charge in [0, 0.05) is 33.5 Å². The summed E-state index contributed by atoms with van der Waals surface area (Å²) in [7, 11) is 0. The third kappa shape index (κ3) is 10.5. The molecule has 0 amide bonds. The molecule has 2 atom stereocenters. The number of rotatable bonds is 13. The van der Waals surface area contributed by atoms with Gasteiger partial charge in [-0.2, -0.15) is 0 Å². The van der Waals surface area contributed by atoms with Gasteiger partial charge in [-0.25, -0.2) is 0 Å². The van der Waals surface area contributed by atoms with E-state index in [0.717, 1.165) is 29.9 Å². The minimum absolute atomic E-state index is 0.0806. The fourth-order valence-electron chi connectivity index (χ4n) is 9.06. The molecule has 0 aliphatic heterocycles. The van der Waals surface area contributed by atoms with E-state index in [4.69, 9.17) is 0 Å². The van der Waals surface area contributed by atoms with Crippen LogP contribution in [0, 0.1) is 16.7 Å². The van der Waals surface area contributed by atoms with Crippen molar-refractivity contribution in [2.24, 2.45) is 16.7 Å². The highest BCUT2D eigenvalue weighted by Crippen LogP contribution is 2.44. The number of para-hydroxylation sites is 1. The number of aromatic nitrogens is 1. The highest BCUT2D eigenvalue weighted by atomic mass is 15.1. The fraction of sp³-hybridized carbons (Fsp3) is 0.290. The van der Waals surface area contributed by atoms with Gasteiger partial charge in [-0.05, 0) is 141 Å². The third-order valence-corrected chi connectivity index (χ3v) is 12.5. The second-order valence-electron chi connectivity index (χ2n) is 21.0. The molecule has 0 bridgehead atoms. The fourth-order valence-corrected chi connectivity index (χ4v) is 9.06. The van der Waals surface area contributed by atoms with Gasteiger partial charge >= 0.3 is 0 Å². The number of nitrogens with zero attached hydrogens (tertiary/aromatic N) is 2. The summed E-state index contributed by atoms with van der Waals surface area (Å²) in [4.78, 5) is 2.36.